The molecule has 7 heteroatoms. The van der Waals surface area contributed by atoms with Crippen LogP contribution in [0.1, 0.15) is 5.69 Å². The summed E-state index contributed by atoms with van der Waals surface area (Å²) in [5.74, 6) is -0.0543. The summed E-state index contributed by atoms with van der Waals surface area (Å²) in [6.45, 7) is 4.14. The highest BCUT2D eigenvalue weighted by atomic mass is 32.2. The van der Waals surface area contributed by atoms with Crippen molar-refractivity contribution in [2.24, 2.45) is 12.0 Å². The summed E-state index contributed by atoms with van der Waals surface area (Å²) in [6.07, 6.45) is 7.22. The van der Waals surface area contributed by atoms with Crippen LogP contribution in [0, 0.1) is 0 Å². The maximum atomic E-state index is 12.6. The number of carbonyl (C=O) groups excluding carboxylic acids is 1. The van der Waals surface area contributed by atoms with Gasteiger partial charge in [-0.25, -0.2) is 4.98 Å². The van der Waals surface area contributed by atoms with E-state index in [0.717, 1.165) is 5.69 Å². The van der Waals surface area contributed by atoms with Crippen molar-refractivity contribution < 1.29 is 4.79 Å². The molecule has 1 fully saturated rings. The SMILES string of the molecule is C=CCN1C(=O)/C(=C\c2cccn2C)S/C1=N/c1nccs1. The molecule has 3 rings (SSSR count). The van der Waals surface area contributed by atoms with Gasteiger partial charge in [-0.1, -0.05) is 6.08 Å². The van der Waals surface area contributed by atoms with Gasteiger partial charge in [0.1, 0.15) is 0 Å². The van der Waals surface area contributed by atoms with Crippen LogP contribution in [0.4, 0.5) is 5.13 Å². The van der Waals surface area contributed by atoms with E-state index in [0.29, 0.717) is 21.7 Å². The Morgan fingerprint density at radius 1 is 1.50 bits per heavy atom. The number of carbonyl (C=O) groups is 1. The molecule has 0 unspecified atom stereocenters. The van der Waals surface area contributed by atoms with E-state index in [1.54, 1.807) is 17.2 Å². The van der Waals surface area contributed by atoms with Crippen LogP contribution in [0.25, 0.3) is 6.08 Å². The zero-order chi connectivity index (χ0) is 15.5. The van der Waals surface area contributed by atoms with Gasteiger partial charge < -0.3 is 4.57 Å². The molecule has 0 bridgehead atoms. The molecule has 0 saturated carbocycles. The minimum Gasteiger partial charge on any atom is -0.351 e. The summed E-state index contributed by atoms with van der Waals surface area (Å²) >= 11 is 2.81. The molecular weight excluding hydrogens is 316 g/mol. The van der Waals surface area contributed by atoms with E-state index in [1.165, 1.54) is 23.1 Å². The van der Waals surface area contributed by atoms with Gasteiger partial charge in [-0.2, -0.15) is 4.99 Å². The number of amidine groups is 1. The van der Waals surface area contributed by atoms with E-state index >= 15 is 0 Å². The quantitative estimate of drug-likeness (QED) is 0.638. The van der Waals surface area contributed by atoms with Gasteiger partial charge in [0.15, 0.2) is 5.17 Å². The van der Waals surface area contributed by atoms with Crippen molar-refractivity contribution in [2.75, 3.05) is 6.54 Å². The van der Waals surface area contributed by atoms with Crippen LogP contribution < -0.4 is 0 Å². The van der Waals surface area contributed by atoms with Crippen molar-refractivity contribution in [3.05, 3.63) is 53.2 Å². The molecule has 1 aliphatic heterocycles. The molecule has 0 spiro atoms. The first kappa shape index (κ1) is 14.8. The molecule has 0 aromatic carbocycles. The lowest BCUT2D eigenvalue weighted by molar-refractivity contribution is -0.121. The molecule has 1 aliphatic rings. The minimum atomic E-state index is -0.0543. The number of nitrogens with zero attached hydrogens (tertiary/aromatic N) is 4. The summed E-state index contributed by atoms with van der Waals surface area (Å²) in [5.41, 5.74) is 0.977. The van der Waals surface area contributed by atoms with E-state index in [-0.39, 0.29) is 5.91 Å². The number of aromatic nitrogens is 2. The molecule has 2 aromatic rings. The molecule has 22 heavy (non-hydrogen) atoms. The number of aliphatic imine (C=N–C) groups is 1. The zero-order valence-corrected chi connectivity index (χ0v) is 13.6. The Kier molecular flexibility index (Phi) is 4.26. The fourth-order valence-electron chi connectivity index (χ4n) is 1.99. The highest BCUT2D eigenvalue weighted by molar-refractivity contribution is 8.18. The van der Waals surface area contributed by atoms with Gasteiger partial charge in [0.25, 0.3) is 5.91 Å². The first-order valence-electron chi connectivity index (χ1n) is 6.61. The number of hydrogen-bond donors (Lipinski definition) is 0. The average Bonchev–Trinajstić information content (AvgIpc) is 3.20. The third-order valence-electron chi connectivity index (χ3n) is 3.07. The highest BCUT2D eigenvalue weighted by Gasteiger charge is 2.32. The van der Waals surface area contributed by atoms with E-state index in [2.05, 4.69) is 16.6 Å². The molecule has 1 amide bonds. The zero-order valence-electron chi connectivity index (χ0n) is 12.0. The van der Waals surface area contributed by atoms with Crippen molar-refractivity contribution in [3.8, 4) is 0 Å². The van der Waals surface area contributed by atoms with Crippen LogP contribution >= 0.6 is 23.1 Å². The Bertz CT molecular complexity index is 758. The average molecular weight is 330 g/mol. The molecule has 1 saturated heterocycles. The maximum absolute atomic E-state index is 12.6. The molecule has 112 valence electrons. The largest absolute Gasteiger partial charge is 0.351 e. The third kappa shape index (κ3) is 2.90. The smallest absolute Gasteiger partial charge is 0.267 e. The van der Waals surface area contributed by atoms with Gasteiger partial charge in [0, 0.05) is 37.1 Å². The van der Waals surface area contributed by atoms with Gasteiger partial charge in [-0.05, 0) is 30.0 Å². The molecule has 2 aromatic heterocycles. The predicted molar refractivity (Wildman–Crippen MR) is 92.1 cm³/mol. The van der Waals surface area contributed by atoms with Gasteiger partial charge in [-0.15, -0.1) is 17.9 Å². The van der Waals surface area contributed by atoms with Gasteiger partial charge in [0.2, 0.25) is 5.13 Å². The summed E-state index contributed by atoms with van der Waals surface area (Å²) in [4.78, 5) is 23.4. The number of thioether (sulfide) groups is 1. The second-order valence-electron chi connectivity index (χ2n) is 4.57. The Balaban J connectivity index is 1.95. The van der Waals surface area contributed by atoms with Crippen molar-refractivity contribution in [1.82, 2.24) is 14.5 Å². The number of rotatable bonds is 4. The molecule has 0 radical (unpaired) electrons. The van der Waals surface area contributed by atoms with Crippen molar-refractivity contribution in [1.29, 1.82) is 0 Å². The Morgan fingerprint density at radius 2 is 2.36 bits per heavy atom. The molecule has 0 N–H and O–H groups in total. The standard InChI is InChI=1S/C15H14N4OS2/c1-3-7-19-13(20)12(10-11-5-4-8-18(11)2)22-15(19)17-14-16-6-9-21-14/h3-6,8-10H,1,7H2,2H3/b12-10+,17-15+. The predicted octanol–water partition coefficient (Wildman–Crippen LogP) is 3.27. The molecule has 0 atom stereocenters. The van der Waals surface area contributed by atoms with Crippen LogP contribution in [0.5, 0.6) is 0 Å². The lowest BCUT2D eigenvalue weighted by Crippen LogP contribution is -2.29. The first-order valence-corrected chi connectivity index (χ1v) is 8.30. The van der Waals surface area contributed by atoms with E-state index in [4.69, 9.17) is 0 Å². The number of thiazole rings is 1. The van der Waals surface area contributed by atoms with E-state index in [9.17, 15) is 4.79 Å². The van der Waals surface area contributed by atoms with Crippen LogP contribution in [0.15, 0.2) is 52.5 Å². The Hall–Kier alpha value is -2.12. The molecule has 3 heterocycles. The van der Waals surface area contributed by atoms with Crippen molar-refractivity contribution in [3.63, 3.8) is 0 Å². The van der Waals surface area contributed by atoms with Crippen LogP contribution in [0.3, 0.4) is 0 Å². The lowest BCUT2D eigenvalue weighted by Gasteiger charge is -2.11. The Labute approximate surface area is 136 Å². The maximum Gasteiger partial charge on any atom is 0.267 e. The fourth-order valence-corrected chi connectivity index (χ4v) is 3.53. The molecular formula is C15H14N4OS2. The first-order chi connectivity index (χ1) is 10.7. The fraction of sp³-hybridized carbons (Fsp3) is 0.133. The summed E-state index contributed by atoms with van der Waals surface area (Å²) in [7, 11) is 1.95. The normalized spacial score (nSPS) is 18.6. The third-order valence-corrected chi connectivity index (χ3v) is 4.75. The minimum absolute atomic E-state index is 0.0543. The van der Waals surface area contributed by atoms with E-state index in [1.807, 2.05) is 41.4 Å². The lowest BCUT2D eigenvalue weighted by atomic mass is 10.3. The van der Waals surface area contributed by atoms with Gasteiger partial charge in [0.05, 0.1) is 4.91 Å². The number of hydrogen-bond acceptors (Lipinski definition) is 5. The topological polar surface area (TPSA) is 50.5 Å². The summed E-state index contributed by atoms with van der Waals surface area (Å²) in [5, 5.41) is 3.14. The van der Waals surface area contributed by atoms with Crippen LogP contribution in [0.2, 0.25) is 0 Å². The summed E-state index contributed by atoms with van der Waals surface area (Å²) < 4.78 is 1.97. The van der Waals surface area contributed by atoms with E-state index < -0.39 is 0 Å². The second kappa shape index (κ2) is 6.33. The second-order valence-corrected chi connectivity index (χ2v) is 6.45. The Morgan fingerprint density at radius 3 is 3.00 bits per heavy atom. The highest BCUT2D eigenvalue weighted by Crippen LogP contribution is 2.34. The molecule has 5 nitrogen and oxygen atoms in total. The summed E-state index contributed by atoms with van der Waals surface area (Å²) in [6, 6.07) is 3.91. The van der Waals surface area contributed by atoms with Crippen LogP contribution in [-0.2, 0) is 11.8 Å². The van der Waals surface area contributed by atoms with Crippen LogP contribution in [-0.4, -0.2) is 32.1 Å². The van der Waals surface area contributed by atoms with Crippen molar-refractivity contribution >= 4 is 45.4 Å². The monoisotopic (exact) mass is 330 g/mol. The molecule has 0 aliphatic carbocycles. The van der Waals surface area contributed by atoms with Gasteiger partial charge >= 0.3 is 0 Å². The van der Waals surface area contributed by atoms with Gasteiger partial charge in [-0.3, -0.25) is 9.69 Å². The van der Waals surface area contributed by atoms with Crippen molar-refractivity contribution in [2.45, 2.75) is 0 Å². The number of amides is 1. The number of aryl methyl sites for hydroxylation is 1.